The minimum absolute atomic E-state index is 0.0693. The maximum atomic E-state index is 13.4. The first-order valence-corrected chi connectivity index (χ1v) is 6.20. The van der Waals surface area contributed by atoms with E-state index in [9.17, 15) is 9.18 Å². The van der Waals surface area contributed by atoms with Crippen LogP contribution in [0.2, 0.25) is 5.02 Å². The molecule has 0 unspecified atom stereocenters. The van der Waals surface area contributed by atoms with Gasteiger partial charge in [0.2, 0.25) is 0 Å². The summed E-state index contributed by atoms with van der Waals surface area (Å²) in [6.07, 6.45) is 1.98. The monoisotopic (exact) mass is 257 g/mol. The predicted molar refractivity (Wildman–Crippen MR) is 67.8 cm³/mol. The van der Waals surface area contributed by atoms with E-state index < -0.39 is 11.7 Å². The maximum absolute atomic E-state index is 13.4. The highest BCUT2D eigenvalue weighted by molar-refractivity contribution is 6.33. The summed E-state index contributed by atoms with van der Waals surface area (Å²) in [6.45, 7) is 4.68. The van der Waals surface area contributed by atoms with Gasteiger partial charge in [0.15, 0.2) is 0 Å². The Bertz CT molecular complexity index is 371. The van der Waals surface area contributed by atoms with Crippen molar-refractivity contribution in [2.75, 3.05) is 6.54 Å². The van der Waals surface area contributed by atoms with Gasteiger partial charge in [-0.3, -0.25) is 4.79 Å². The Kier molecular flexibility index (Phi) is 5.42. The second-order valence-electron chi connectivity index (χ2n) is 3.99. The van der Waals surface area contributed by atoms with E-state index in [2.05, 4.69) is 19.2 Å². The molecule has 0 saturated carbocycles. The third kappa shape index (κ3) is 3.70. The van der Waals surface area contributed by atoms with Gasteiger partial charge in [-0.05, 0) is 18.1 Å². The molecule has 1 N–H and O–H groups in total. The minimum atomic E-state index is -0.584. The van der Waals surface area contributed by atoms with Gasteiger partial charge in [-0.25, -0.2) is 4.39 Å². The van der Waals surface area contributed by atoms with Gasteiger partial charge in [0.05, 0.1) is 10.6 Å². The highest BCUT2D eigenvalue weighted by atomic mass is 35.5. The molecule has 0 aliphatic rings. The fourth-order valence-electron chi connectivity index (χ4n) is 1.62. The lowest BCUT2D eigenvalue weighted by molar-refractivity contribution is 0.0942. The van der Waals surface area contributed by atoms with E-state index in [1.165, 1.54) is 18.2 Å². The Morgan fingerprint density at radius 2 is 2.06 bits per heavy atom. The molecule has 0 radical (unpaired) electrons. The smallest absolute Gasteiger partial charge is 0.255 e. The van der Waals surface area contributed by atoms with Crippen LogP contribution < -0.4 is 5.32 Å². The molecule has 2 nitrogen and oxygen atoms in total. The van der Waals surface area contributed by atoms with Crippen molar-refractivity contribution in [1.82, 2.24) is 5.32 Å². The average molecular weight is 258 g/mol. The van der Waals surface area contributed by atoms with Gasteiger partial charge in [-0.15, -0.1) is 0 Å². The Labute approximate surface area is 106 Å². The van der Waals surface area contributed by atoms with Crippen LogP contribution in [0.1, 0.15) is 37.0 Å². The van der Waals surface area contributed by atoms with Crippen molar-refractivity contribution in [3.63, 3.8) is 0 Å². The molecular weight excluding hydrogens is 241 g/mol. The second-order valence-corrected chi connectivity index (χ2v) is 4.40. The average Bonchev–Trinajstić information content (AvgIpc) is 2.30. The van der Waals surface area contributed by atoms with Gasteiger partial charge in [0, 0.05) is 6.54 Å². The van der Waals surface area contributed by atoms with E-state index in [-0.39, 0.29) is 10.6 Å². The zero-order valence-electron chi connectivity index (χ0n) is 10.1. The van der Waals surface area contributed by atoms with Gasteiger partial charge in [0.25, 0.3) is 5.91 Å². The molecule has 0 bridgehead atoms. The molecule has 0 atom stereocenters. The molecule has 1 aromatic rings. The van der Waals surface area contributed by atoms with Crippen molar-refractivity contribution in [2.24, 2.45) is 5.92 Å². The SMILES string of the molecule is CCC(CC)CNC(=O)c1c(F)cccc1Cl. The van der Waals surface area contributed by atoms with Crippen molar-refractivity contribution in [3.8, 4) is 0 Å². The standard InChI is InChI=1S/C13H17ClFNO/c1-3-9(4-2)8-16-13(17)12-10(14)6-5-7-11(12)15/h5-7,9H,3-4,8H2,1-2H3,(H,16,17). The van der Waals surface area contributed by atoms with Crippen LogP contribution in [-0.4, -0.2) is 12.5 Å². The van der Waals surface area contributed by atoms with Gasteiger partial charge in [0.1, 0.15) is 5.82 Å². The number of rotatable bonds is 5. The third-order valence-corrected chi connectivity index (χ3v) is 3.21. The van der Waals surface area contributed by atoms with Crippen molar-refractivity contribution < 1.29 is 9.18 Å². The van der Waals surface area contributed by atoms with Crippen molar-refractivity contribution in [2.45, 2.75) is 26.7 Å². The number of carbonyl (C=O) groups excluding carboxylic acids is 1. The van der Waals surface area contributed by atoms with Gasteiger partial charge < -0.3 is 5.32 Å². The zero-order valence-corrected chi connectivity index (χ0v) is 10.9. The van der Waals surface area contributed by atoms with Crippen LogP contribution in [0.5, 0.6) is 0 Å². The molecule has 94 valence electrons. The van der Waals surface area contributed by atoms with Gasteiger partial charge in [-0.2, -0.15) is 0 Å². The van der Waals surface area contributed by atoms with Gasteiger partial charge >= 0.3 is 0 Å². The number of hydrogen-bond donors (Lipinski definition) is 1. The first-order chi connectivity index (χ1) is 8.10. The molecule has 4 heteroatoms. The summed E-state index contributed by atoms with van der Waals surface area (Å²) < 4.78 is 13.4. The number of amides is 1. The molecule has 0 fully saturated rings. The van der Waals surface area contributed by atoms with E-state index in [1.807, 2.05) is 0 Å². The van der Waals surface area contributed by atoms with E-state index in [0.717, 1.165) is 12.8 Å². The van der Waals surface area contributed by atoms with Crippen LogP contribution in [0.3, 0.4) is 0 Å². The highest BCUT2D eigenvalue weighted by Crippen LogP contribution is 2.18. The summed E-state index contributed by atoms with van der Waals surface area (Å²) in [5.74, 6) is -0.607. The van der Waals surface area contributed by atoms with Crippen LogP contribution in [0, 0.1) is 11.7 Å². The summed E-state index contributed by atoms with van der Waals surface area (Å²) in [6, 6.07) is 4.23. The molecule has 0 heterocycles. The molecule has 0 aliphatic heterocycles. The maximum Gasteiger partial charge on any atom is 0.255 e. The van der Waals surface area contributed by atoms with E-state index in [0.29, 0.717) is 12.5 Å². The Hall–Kier alpha value is -1.09. The molecule has 1 rings (SSSR count). The Balaban J connectivity index is 2.70. The first-order valence-electron chi connectivity index (χ1n) is 5.82. The predicted octanol–water partition coefficient (Wildman–Crippen LogP) is 3.65. The van der Waals surface area contributed by atoms with Crippen LogP contribution in [0.15, 0.2) is 18.2 Å². The molecule has 17 heavy (non-hydrogen) atoms. The number of benzene rings is 1. The van der Waals surface area contributed by atoms with Crippen molar-refractivity contribution >= 4 is 17.5 Å². The number of carbonyl (C=O) groups is 1. The fourth-order valence-corrected chi connectivity index (χ4v) is 1.87. The number of hydrogen-bond acceptors (Lipinski definition) is 1. The lowest BCUT2D eigenvalue weighted by Gasteiger charge is -2.13. The van der Waals surface area contributed by atoms with E-state index in [1.54, 1.807) is 0 Å². The normalized spacial score (nSPS) is 10.6. The summed E-state index contributed by atoms with van der Waals surface area (Å²) in [5, 5.41) is 2.86. The Morgan fingerprint density at radius 1 is 1.41 bits per heavy atom. The first kappa shape index (κ1) is 14.0. The highest BCUT2D eigenvalue weighted by Gasteiger charge is 2.16. The quantitative estimate of drug-likeness (QED) is 0.857. The summed E-state index contributed by atoms with van der Waals surface area (Å²) in [5.41, 5.74) is -0.0693. The van der Waals surface area contributed by atoms with Crippen molar-refractivity contribution in [3.05, 3.63) is 34.6 Å². The van der Waals surface area contributed by atoms with E-state index in [4.69, 9.17) is 11.6 Å². The summed E-state index contributed by atoms with van der Waals surface area (Å²) in [4.78, 5) is 11.8. The summed E-state index contributed by atoms with van der Waals surface area (Å²) in [7, 11) is 0. The minimum Gasteiger partial charge on any atom is -0.352 e. The summed E-state index contributed by atoms with van der Waals surface area (Å²) >= 11 is 5.81. The largest absolute Gasteiger partial charge is 0.352 e. The van der Waals surface area contributed by atoms with Crippen LogP contribution >= 0.6 is 11.6 Å². The number of halogens is 2. The lowest BCUT2D eigenvalue weighted by Crippen LogP contribution is -2.29. The van der Waals surface area contributed by atoms with Crippen LogP contribution in [0.4, 0.5) is 4.39 Å². The molecule has 0 saturated heterocycles. The molecule has 0 aromatic heterocycles. The van der Waals surface area contributed by atoms with Crippen LogP contribution in [-0.2, 0) is 0 Å². The van der Waals surface area contributed by atoms with Crippen molar-refractivity contribution in [1.29, 1.82) is 0 Å². The second kappa shape index (κ2) is 6.60. The zero-order chi connectivity index (χ0) is 12.8. The van der Waals surface area contributed by atoms with E-state index >= 15 is 0 Å². The fraction of sp³-hybridized carbons (Fsp3) is 0.462. The molecular formula is C13H17ClFNO. The van der Waals surface area contributed by atoms with Gasteiger partial charge in [-0.1, -0.05) is 44.4 Å². The third-order valence-electron chi connectivity index (χ3n) is 2.90. The topological polar surface area (TPSA) is 29.1 Å². The number of nitrogens with one attached hydrogen (secondary N) is 1. The Morgan fingerprint density at radius 3 is 2.59 bits per heavy atom. The van der Waals surface area contributed by atoms with Crippen LogP contribution in [0.25, 0.3) is 0 Å². The molecule has 1 aromatic carbocycles. The molecule has 1 amide bonds. The molecule has 0 aliphatic carbocycles. The molecule has 0 spiro atoms. The lowest BCUT2D eigenvalue weighted by atomic mass is 10.0.